The SMILES string of the molecule is Nc1nc2cc(C(=O)O)cnc2s1. The number of pyridine rings is 1. The molecule has 0 aromatic carbocycles. The van der Waals surface area contributed by atoms with E-state index in [4.69, 9.17) is 10.8 Å². The number of nitrogens with two attached hydrogens (primary N) is 1. The van der Waals surface area contributed by atoms with Gasteiger partial charge < -0.3 is 10.8 Å². The van der Waals surface area contributed by atoms with E-state index < -0.39 is 5.97 Å². The van der Waals surface area contributed by atoms with Gasteiger partial charge in [-0.15, -0.1) is 0 Å². The fraction of sp³-hybridized carbons (Fsp3) is 0. The van der Waals surface area contributed by atoms with E-state index in [1.807, 2.05) is 0 Å². The molecule has 2 rings (SSSR count). The van der Waals surface area contributed by atoms with Gasteiger partial charge in [0.25, 0.3) is 0 Å². The van der Waals surface area contributed by atoms with Crippen LogP contribution in [-0.2, 0) is 0 Å². The fourth-order valence-corrected chi connectivity index (χ4v) is 1.61. The summed E-state index contributed by atoms with van der Waals surface area (Å²) in [7, 11) is 0. The van der Waals surface area contributed by atoms with Gasteiger partial charge in [0.2, 0.25) is 0 Å². The zero-order valence-electron chi connectivity index (χ0n) is 6.39. The average molecular weight is 195 g/mol. The Labute approximate surface area is 76.9 Å². The molecule has 2 heterocycles. The van der Waals surface area contributed by atoms with E-state index >= 15 is 0 Å². The second-order valence-corrected chi connectivity index (χ2v) is 3.41. The first kappa shape index (κ1) is 7.93. The molecule has 0 saturated carbocycles. The first-order chi connectivity index (χ1) is 6.16. The molecule has 2 aromatic heterocycles. The van der Waals surface area contributed by atoms with Gasteiger partial charge in [-0.3, -0.25) is 0 Å². The Kier molecular flexibility index (Phi) is 1.63. The summed E-state index contributed by atoms with van der Waals surface area (Å²) in [5.74, 6) is -1.01. The molecule has 66 valence electrons. The molecule has 2 aromatic rings. The van der Waals surface area contributed by atoms with Crippen LogP contribution in [0.5, 0.6) is 0 Å². The Morgan fingerprint density at radius 3 is 3.08 bits per heavy atom. The maximum atomic E-state index is 10.6. The largest absolute Gasteiger partial charge is 0.478 e. The van der Waals surface area contributed by atoms with Crippen LogP contribution in [0.4, 0.5) is 5.13 Å². The monoisotopic (exact) mass is 195 g/mol. The van der Waals surface area contributed by atoms with E-state index in [1.165, 1.54) is 23.6 Å². The number of carboxylic acids is 1. The number of hydrogen-bond donors (Lipinski definition) is 2. The number of hydrogen-bond acceptors (Lipinski definition) is 5. The zero-order valence-corrected chi connectivity index (χ0v) is 7.21. The number of nitrogen functional groups attached to an aromatic ring is 1. The van der Waals surface area contributed by atoms with E-state index in [9.17, 15) is 4.79 Å². The van der Waals surface area contributed by atoms with Gasteiger partial charge in [0.1, 0.15) is 10.3 Å². The predicted molar refractivity (Wildman–Crippen MR) is 48.8 cm³/mol. The smallest absolute Gasteiger partial charge is 0.337 e. The molecule has 3 N–H and O–H groups in total. The number of carboxylic acid groups (broad SMARTS) is 1. The molecular weight excluding hydrogens is 190 g/mol. The predicted octanol–water partition coefficient (Wildman–Crippen LogP) is 0.972. The standard InChI is InChI=1S/C7H5N3O2S/c8-7-10-4-1-3(6(11)12)2-9-5(4)13-7/h1-2H,(H2,8,10)(H,11,12). The number of anilines is 1. The van der Waals surface area contributed by atoms with Crippen LogP contribution in [0.2, 0.25) is 0 Å². The number of thiazole rings is 1. The third-order valence-electron chi connectivity index (χ3n) is 1.51. The van der Waals surface area contributed by atoms with E-state index in [0.29, 0.717) is 15.5 Å². The van der Waals surface area contributed by atoms with Crippen molar-refractivity contribution < 1.29 is 9.90 Å². The molecule has 0 radical (unpaired) electrons. The highest BCUT2D eigenvalue weighted by Crippen LogP contribution is 2.21. The lowest BCUT2D eigenvalue weighted by molar-refractivity contribution is 0.0696. The van der Waals surface area contributed by atoms with Gasteiger partial charge in [-0.1, -0.05) is 11.3 Å². The Hall–Kier alpha value is -1.69. The summed E-state index contributed by atoms with van der Waals surface area (Å²) in [6.07, 6.45) is 1.29. The molecule has 0 spiro atoms. The van der Waals surface area contributed by atoms with Crippen molar-refractivity contribution in [3.63, 3.8) is 0 Å². The van der Waals surface area contributed by atoms with Crippen molar-refractivity contribution in [2.45, 2.75) is 0 Å². The van der Waals surface area contributed by atoms with Crippen molar-refractivity contribution in [3.8, 4) is 0 Å². The Morgan fingerprint density at radius 2 is 2.38 bits per heavy atom. The molecule has 0 bridgehead atoms. The minimum Gasteiger partial charge on any atom is -0.478 e. The third kappa shape index (κ3) is 1.31. The fourth-order valence-electron chi connectivity index (χ4n) is 0.957. The highest BCUT2D eigenvalue weighted by atomic mass is 32.1. The van der Waals surface area contributed by atoms with E-state index in [1.54, 1.807) is 0 Å². The maximum absolute atomic E-state index is 10.6. The third-order valence-corrected chi connectivity index (χ3v) is 2.32. The first-order valence-electron chi connectivity index (χ1n) is 3.42. The number of fused-ring (bicyclic) bond motifs is 1. The molecule has 0 unspecified atom stereocenters. The summed E-state index contributed by atoms with van der Waals surface area (Å²) in [5.41, 5.74) is 6.09. The molecule has 0 aliphatic rings. The minimum absolute atomic E-state index is 0.123. The van der Waals surface area contributed by atoms with Crippen molar-refractivity contribution in [2.75, 3.05) is 5.73 Å². The van der Waals surface area contributed by atoms with Crippen LogP contribution in [0, 0.1) is 0 Å². The summed E-state index contributed by atoms with van der Waals surface area (Å²) in [6, 6.07) is 1.46. The molecule has 0 fully saturated rings. The Bertz CT molecular complexity index is 480. The molecule has 0 amide bonds. The summed E-state index contributed by atoms with van der Waals surface area (Å²) >= 11 is 1.24. The summed E-state index contributed by atoms with van der Waals surface area (Å²) in [5, 5.41) is 9.05. The van der Waals surface area contributed by atoms with Crippen molar-refractivity contribution in [1.29, 1.82) is 0 Å². The molecular formula is C7H5N3O2S. The van der Waals surface area contributed by atoms with Gasteiger partial charge in [-0.05, 0) is 6.07 Å². The van der Waals surface area contributed by atoms with Gasteiger partial charge in [0, 0.05) is 6.20 Å². The molecule has 6 heteroatoms. The lowest BCUT2D eigenvalue weighted by Gasteiger charge is -1.90. The maximum Gasteiger partial charge on any atom is 0.337 e. The number of nitrogens with zero attached hydrogens (tertiary/aromatic N) is 2. The molecule has 0 saturated heterocycles. The minimum atomic E-state index is -1.01. The van der Waals surface area contributed by atoms with Gasteiger partial charge in [0.15, 0.2) is 5.13 Å². The molecule has 0 atom stereocenters. The van der Waals surface area contributed by atoms with Gasteiger partial charge in [-0.2, -0.15) is 0 Å². The topological polar surface area (TPSA) is 89.1 Å². The van der Waals surface area contributed by atoms with Crippen molar-refractivity contribution in [1.82, 2.24) is 9.97 Å². The van der Waals surface area contributed by atoms with Crippen LogP contribution in [0.1, 0.15) is 10.4 Å². The summed E-state index contributed by atoms with van der Waals surface area (Å²) in [6.45, 7) is 0. The van der Waals surface area contributed by atoms with E-state index in [2.05, 4.69) is 9.97 Å². The number of rotatable bonds is 1. The quantitative estimate of drug-likeness (QED) is 0.707. The van der Waals surface area contributed by atoms with Gasteiger partial charge in [-0.25, -0.2) is 14.8 Å². The highest BCUT2D eigenvalue weighted by Gasteiger charge is 2.07. The highest BCUT2D eigenvalue weighted by molar-refractivity contribution is 7.21. The van der Waals surface area contributed by atoms with Crippen LogP contribution in [-0.4, -0.2) is 21.0 Å². The van der Waals surface area contributed by atoms with Gasteiger partial charge in [0.05, 0.1) is 5.56 Å². The van der Waals surface area contributed by atoms with Crippen LogP contribution >= 0.6 is 11.3 Å². The van der Waals surface area contributed by atoms with Crippen molar-refractivity contribution in [3.05, 3.63) is 17.8 Å². The Morgan fingerprint density at radius 1 is 1.62 bits per heavy atom. The lowest BCUT2D eigenvalue weighted by atomic mass is 10.3. The summed E-state index contributed by atoms with van der Waals surface area (Å²) in [4.78, 5) is 19.1. The molecule has 5 nitrogen and oxygen atoms in total. The first-order valence-corrected chi connectivity index (χ1v) is 4.24. The normalized spacial score (nSPS) is 10.5. The molecule has 0 aliphatic carbocycles. The van der Waals surface area contributed by atoms with Crippen LogP contribution in [0.3, 0.4) is 0 Å². The second kappa shape index (κ2) is 2.67. The number of aromatic nitrogens is 2. The Balaban J connectivity index is 2.67. The van der Waals surface area contributed by atoms with E-state index in [-0.39, 0.29) is 5.56 Å². The van der Waals surface area contributed by atoms with Crippen molar-refractivity contribution >= 4 is 32.8 Å². The van der Waals surface area contributed by atoms with Crippen molar-refractivity contribution in [2.24, 2.45) is 0 Å². The number of carbonyl (C=O) groups is 1. The lowest BCUT2D eigenvalue weighted by Crippen LogP contribution is -1.96. The summed E-state index contributed by atoms with van der Waals surface area (Å²) < 4.78 is 0. The number of aromatic carboxylic acids is 1. The zero-order chi connectivity index (χ0) is 9.42. The van der Waals surface area contributed by atoms with Crippen LogP contribution in [0.25, 0.3) is 10.3 Å². The second-order valence-electron chi connectivity index (χ2n) is 2.41. The van der Waals surface area contributed by atoms with Gasteiger partial charge >= 0.3 is 5.97 Å². The molecule has 13 heavy (non-hydrogen) atoms. The van der Waals surface area contributed by atoms with Crippen LogP contribution < -0.4 is 5.73 Å². The van der Waals surface area contributed by atoms with E-state index in [0.717, 1.165) is 0 Å². The van der Waals surface area contributed by atoms with Crippen LogP contribution in [0.15, 0.2) is 12.3 Å². The average Bonchev–Trinajstić information content (AvgIpc) is 2.42. The molecule has 0 aliphatic heterocycles.